The zero-order valence-electron chi connectivity index (χ0n) is 17.5. The molecular formula is C24H31NO3S. The molecule has 0 saturated carbocycles. The third kappa shape index (κ3) is 6.00. The number of Topliss-reactive ketones (excluding diaryl/α,β-unsaturated/α-hetero) is 1. The first-order valence-corrected chi connectivity index (χ1v) is 11.5. The lowest BCUT2D eigenvalue weighted by Gasteiger charge is -2.23. The van der Waals surface area contributed by atoms with Crippen LogP contribution in [0.3, 0.4) is 0 Å². The molecule has 1 aliphatic heterocycles. The van der Waals surface area contributed by atoms with Crippen LogP contribution in [0.15, 0.2) is 36.4 Å². The molecule has 0 aliphatic carbocycles. The van der Waals surface area contributed by atoms with Gasteiger partial charge in [0.05, 0.1) is 4.88 Å². The topological polar surface area (TPSA) is 46.6 Å². The number of carbonyl (C=O) groups is 2. The Morgan fingerprint density at radius 3 is 2.55 bits per heavy atom. The number of amides is 1. The Kier molecular flexibility index (Phi) is 8.01. The van der Waals surface area contributed by atoms with E-state index in [9.17, 15) is 9.59 Å². The van der Waals surface area contributed by atoms with Gasteiger partial charge in [0.15, 0.2) is 5.78 Å². The average molecular weight is 414 g/mol. The molecule has 3 rings (SSSR count). The van der Waals surface area contributed by atoms with Crippen molar-refractivity contribution in [2.45, 2.75) is 71.4 Å². The van der Waals surface area contributed by atoms with Crippen LogP contribution in [0.4, 0.5) is 5.69 Å². The number of hydrogen-bond acceptors (Lipinski definition) is 4. The molecule has 5 heteroatoms. The SMILES string of the molecule is CCCCCCc1ccc(N2C(=O)COC2CCCc2ccc(C(C)=O)s2)cc1. The number of unbranched alkanes of at least 4 members (excludes halogenated alkanes) is 3. The summed E-state index contributed by atoms with van der Waals surface area (Å²) in [5.74, 6) is 0.145. The molecule has 1 atom stereocenters. The van der Waals surface area contributed by atoms with Gasteiger partial charge in [0.25, 0.3) is 5.91 Å². The van der Waals surface area contributed by atoms with Crippen LogP contribution in [-0.2, 0) is 22.4 Å². The molecule has 156 valence electrons. The fraction of sp³-hybridized carbons (Fsp3) is 0.500. The normalized spacial score (nSPS) is 16.6. The number of nitrogens with zero attached hydrogens (tertiary/aromatic N) is 1. The Bertz CT molecular complexity index is 812. The van der Waals surface area contributed by atoms with Crippen molar-refractivity contribution < 1.29 is 14.3 Å². The van der Waals surface area contributed by atoms with Gasteiger partial charge in [-0.1, -0.05) is 38.3 Å². The molecule has 4 nitrogen and oxygen atoms in total. The van der Waals surface area contributed by atoms with Crippen molar-refractivity contribution in [2.24, 2.45) is 0 Å². The van der Waals surface area contributed by atoms with Gasteiger partial charge in [0.2, 0.25) is 0 Å². The molecule has 0 N–H and O–H groups in total. The van der Waals surface area contributed by atoms with E-state index < -0.39 is 0 Å². The zero-order valence-corrected chi connectivity index (χ0v) is 18.3. The van der Waals surface area contributed by atoms with Crippen LogP contribution >= 0.6 is 11.3 Å². The van der Waals surface area contributed by atoms with Crippen LogP contribution in [0.1, 0.15) is 72.5 Å². The van der Waals surface area contributed by atoms with Gasteiger partial charge in [-0.05, 0) is 68.9 Å². The minimum atomic E-state index is -0.204. The molecular weight excluding hydrogens is 382 g/mol. The van der Waals surface area contributed by atoms with Gasteiger partial charge >= 0.3 is 0 Å². The number of ether oxygens (including phenoxy) is 1. The van der Waals surface area contributed by atoms with E-state index in [0.717, 1.165) is 36.2 Å². The maximum atomic E-state index is 12.4. The maximum Gasteiger partial charge on any atom is 0.255 e. The summed E-state index contributed by atoms with van der Waals surface area (Å²) in [6.07, 6.45) is 8.54. The van der Waals surface area contributed by atoms with Gasteiger partial charge in [0, 0.05) is 10.6 Å². The van der Waals surface area contributed by atoms with Gasteiger partial charge in [0.1, 0.15) is 12.8 Å². The Morgan fingerprint density at radius 2 is 1.86 bits per heavy atom. The van der Waals surface area contributed by atoms with Crippen LogP contribution in [0.5, 0.6) is 0 Å². The molecule has 1 aromatic heterocycles. The predicted octanol–water partition coefficient (Wildman–Crippen LogP) is 5.79. The van der Waals surface area contributed by atoms with Gasteiger partial charge in [-0.2, -0.15) is 0 Å². The minimum absolute atomic E-state index is 0.0284. The number of thiophene rings is 1. The second-order valence-electron chi connectivity index (χ2n) is 7.72. The number of carbonyl (C=O) groups excluding carboxylic acids is 2. The van der Waals surface area contributed by atoms with E-state index in [-0.39, 0.29) is 24.5 Å². The number of aryl methyl sites for hydroxylation is 2. The molecule has 29 heavy (non-hydrogen) atoms. The Morgan fingerprint density at radius 1 is 1.07 bits per heavy atom. The van der Waals surface area contributed by atoms with Gasteiger partial charge in [-0.3, -0.25) is 14.5 Å². The van der Waals surface area contributed by atoms with Crippen LogP contribution in [-0.4, -0.2) is 24.5 Å². The quantitative estimate of drug-likeness (QED) is 0.346. The fourth-order valence-corrected chi connectivity index (χ4v) is 4.67. The summed E-state index contributed by atoms with van der Waals surface area (Å²) in [7, 11) is 0. The highest BCUT2D eigenvalue weighted by Gasteiger charge is 2.32. The third-order valence-electron chi connectivity index (χ3n) is 5.37. The molecule has 1 fully saturated rings. The zero-order chi connectivity index (χ0) is 20.6. The van der Waals surface area contributed by atoms with Crippen molar-refractivity contribution in [3.8, 4) is 0 Å². The summed E-state index contributed by atoms with van der Waals surface area (Å²) in [5.41, 5.74) is 2.25. The summed E-state index contributed by atoms with van der Waals surface area (Å²) >= 11 is 1.56. The summed E-state index contributed by atoms with van der Waals surface area (Å²) in [6.45, 7) is 3.98. The molecule has 2 heterocycles. The van der Waals surface area contributed by atoms with E-state index in [2.05, 4.69) is 19.1 Å². The highest BCUT2D eigenvalue weighted by Crippen LogP contribution is 2.27. The highest BCUT2D eigenvalue weighted by molar-refractivity contribution is 7.14. The van der Waals surface area contributed by atoms with Crippen molar-refractivity contribution >= 4 is 28.7 Å². The Hall–Kier alpha value is -1.98. The first-order valence-electron chi connectivity index (χ1n) is 10.7. The molecule has 1 amide bonds. The largest absolute Gasteiger partial charge is 0.348 e. The lowest BCUT2D eigenvalue weighted by Crippen LogP contribution is -2.33. The van der Waals surface area contributed by atoms with Crippen molar-refractivity contribution in [2.75, 3.05) is 11.5 Å². The van der Waals surface area contributed by atoms with Crippen LogP contribution < -0.4 is 4.90 Å². The number of rotatable bonds is 11. The standard InChI is InChI=1S/C24H31NO3S/c1-3-4-5-6-8-19-11-13-20(14-12-19)25-23(27)17-28-24(25)10-7-9-21-15-16-22(29-21)18(2)26/h11-16,24H,3-10,17H2,1-2H3. The molecule has 0 bridgehead atoms. The third-order valence-corrected chi connectivity index (χ3v) is 6.62. The van der Waals surface area contributed by atoms with E-state index in [1.54, 1.807) is 23.2 Å². The first kappa shape index (κ1) is 21.7. The number of benzene rings is 1. The second kappa shape index (κ2) is 10.7. The lowest BCUT2D eigenvalue weighted by molar-refractivity contribution is -0.117. The molecule has 0 radical (unpaired) electrons. The first-order chi connectivity index (χ1) is 14.1. The van der Waals surface area contributed by atoms with Crippen LogP contribution in [0.25, 0.3) is 0 Å². The molecule has 0 spiro atoms. The molecule has 1 aromatic carbocycles. The fourth-order valence-electron chi connectivity index (χ4n) is 3.73. The monoisotopic (exact) mass is 413 g/mol. The van der Waals surface area contributed by atoms with Crippen molar-refractivity contribution in [3.05, 3.63) is 51.7 Å². The Labute approximate surface area is 177 Å². The van der Waals surface area contributed by atoms with E-state index in [1.807, 2.05) is 24.3 Å². The van der Waals surface area contributed by atoms with E-state index in [1.165, 1.54) is 36.1 Å². The maximum absolute atomic E-state index is 12.4. The molecule has 2 aromatic rings. The molecule has 1 saturated heterocycles. The van der Waals surface area contributed by atoms with Gasteiger partial charge in [-0.15, -0.1) is 11.3 Å². The Balaban J connectivity index is 1.53. The van der Waals surface area contributed by atoms with Crippen molar-refractivity contribution in [1.29, 1.82) is 0 Å². The van der Waals surface area contributed by atoms with E-state index in [0.29, 0.717) is 0 Å². The summed E-state index contributed by atoms with van der Waals surface area (Å²) in [6, 6.07) is 12.3. The minimum Gasteiger partial charge on any atom is -0.348 e. The van der Waals surface area contributed by atoms with Crippen molar-refractivity contribution in [1.82, 2.24) is 0 Å². The second-order valence-corrected chi connectivity index (χ2v) is 8.89. The van der Waals surface area contributed by atoms with Crippen LogP contribution in [0.2, 0.25) is 0 Å². The summed E-state index contributed by atoms with van der Waals surface area (Å²) < 4.78 is 5.76. The van der Waals surface area contributed by atoms with Gasteiger partial charge < -0.3 is 4.74 Å². The van der Waals surface area contributed by atoms with Gasteiger partial charge in [-0.25, -0.2) is 0 Å². The van der Waals surface area contributed by atoms with E-state index >= 15 is 0 Å². The molecule has 1 unspecified atom stereocenters. The number of ketones is 1. The number of anilines is 1. The predicted molar refractivity (Wildman–Crippen MR) is 119 cm³/mol. The smallest absolute Gasteiger partial charge is 0.255 e. The summed E-state index contributed by atoms with van der Waals surface area (Å²) in [5, 5.41) is 0. The van der Waals surface area contributed by atoms with Crippen molar-refractivity contribution in [3.63, 3.8) is 0 Å². The molecule has 1 aliphatic rings. The summed E-state index contributed by atoms with van der Waals surface area (Å²) in [4.78, 5) is 27.6. The lowest BCUT2D eigenvalue weighted by atomic mass is 10.1. The van der Waals surface area contributed by atoms with Crippen LogP contribution in [0, 0.1) is 0 Å². The van der Waals surface area contributed by atoms with E-state index in [4.69, 9.17) is 4.74 Å². The number of hydrogen-bond donors (Lipinski definition) is 0. The highest BCUT2D eigenvalue weighted by atomic mass is 32.1. The average Bonchev–Trinajstić information content (AvgIpc) is 3.33.